The number of nitrogens with zero attached hydrogens (tertiary/aromatic N) is 2. The largest absolute Gasteiger partial charge is 0.348 e. The van der Waals surface area contributed by atoms with Crippen LogP contribution in [0.2, 0.25) is 0 Å². The van der Waals surface area contributed by atoms with Gasteiger partial charge in [0.2, 0.25) is 0 Å². The minimum absolute atomic E-state index is 0.380. The van der Waals surface area contributed by atoms with E-state index in [1.165, 1.54) is 0 Å². The molecule has 0 spiro atoms. The molecule has 18 heavy (non-hydrogen) atoms. The van der Waals surface area contributed by atoms with Gasteiger partial charge in [-0.1, -0.05) is 20.8 Å². The van der Waals surface area contributed by atoms with Crippen LogP contribution in [0.25, 0.3) is 0 Å². The molecule has 2 amide bonds. The van der Waals surface area contributed by atoms with E-state index in [2.05, 4.69) is 31.0 Å². The fourth-order valence-corrected chi connectivity index (χ4v) is 1.96. The van der Waals surface area contributed by atoms with Crippen LogP contribution in [0.15, 0.2) is 0 Å². The molecule has 0 aromatic carbocycles. The predicted octanol–water partition coefficient (Wildman–Crippen LogP) is 0.313. The fraction of sp³-hybridized carbons (Fsp3) is 0.846. The standard InChI is InChI=1S/C13H25N3O2/c1-4-15-7-9-16(10-8-15)13(18)12(17)14-6-5-11(2)3/h11H,4-10H2,1-3H3,(H,14,17). The average Bonchev–Trinajstić information content (AvgIpc) is 2.37. The van der Waals surface area contributed by atoms with E-state index >= 15 is 0 Å². The Morgan fingerprint density at radius 1 is 1.17 bits per heavy atom. The molecule has 0 saturated carbocycles. The summed E-state index contributed by atoms with van der Waals surface area (Å²) in [5, 5.41) is 2.69. The van der Waals surface area contributed by atoms with E-state index < -0.39 is 5.91 Å². The second-order valence-corrected chi connectivity index (χ2v) is 5.16. The molecule has 0 unspecified atom stereocenters. The monoisotopic (exact) mass is 255 g/mol. The van der Waals surface area contributed by atoms with E-state index in [9.17, 15) is 9.59 Å². The number of amides is 2. The third-order valence-corrected chi connectivity index (χ3v) is 3.31. The summed E-state index contributed by atoms with van der Waals surface area (Å²) in [7, 11) is 0. The van der Waals surface area contributed by atoms with Crippen LogP contribution in [0, 0.1) is 5.92 Å². The van der Waals surface area contributed by atoms with Crippen LogP contribution in [0.1, 0.15) is 27.2 Å². The van der Waals surface area contributed by atoms with Crippen molar-refractivity contribution in [3.8, 4) is 0 Å². The topological polar surface area (TPSA) is 52.7 Å². The Labute approximate surface area is 110 Å². The van der Waals surface area contributed by atoms with Crippen molar-refractivity contribution in [2.45, 2.75) is 27.2 Å². The van der Waals surface area contributed by atoms with Crippen LogP contribution >= 0.6 is 0 Å². The summed E-state index contributed by atoms with van der Waals surface area (Å²) in [5.41, 5.74) is 0. The highest BCUT2D eigenvalue weighted by Gasteiger charge is 2.24. The highest BCUT2D eigenvalue weighted by molar-refractivity contribution is 6.35. The van der Waals surface area contributed by atoms with Crippen molar-refractivity contribution in [2.75, 3.05) is 39.3 Å². The summed E-state index contributed by atoms with van der Waals surface area (Å²) in [6.45, 7) is 10.9. The number of hydrogen-bond donors (Lipinski definition) is 1. The minimum Gasteiger partial charge on any atom is -0.348 e. The molecule has 1 aliphatic heterocycles. The van der Waals surface area contributed by atoms with Gasteiger partial charge in [0.05, 0.1) is 0 Å². The van der Waals surface area contributed by atoms with Gasteiger partial charge in [-0.2, -0.15) is 0 Å². The average molecular weight is 255 g/mol. The quantitative estimate of drug-likeness (QED) is 0.736. The molecule has 1 fully saturated rings. The Bertz CT molecular complexity index is 284. The molecule has 0 aliphatic carbocycles. The number of carbonyl (C=O) groups excluding carboxylic acids is 2. The minimum atomic E-state index is -0.458. The van der Waals surface area contributed by atoms with Crippen molar-refractivity contribution in [1.29, 1.82) is 0 Å². The van der Waals surface area contributed by atoms with Crippen molar-refractivity contribution < 1.29 is 9.59 Å². The van der Waals surface area contributed by atoms with Crippen LogP contribution in [-0.4, -0.2) is 60.9 Å². The normalized spacial score (nSPS) is 17.0. The van der Waals surface area contributed by atoms with Crippen LogP contribution in [0.3, 0.4) is 0 Å². The Kier molecular flexibility index (Phi) is 6.12. The van der Waals surface area contributed by atoms with Gasteiger partial charge in [-0.25, -0.2) is 0 Å². The summed E-state index contributed by atoms with van der Waals surface area (Å²) >= 11 is 0. The van der Waals surface area contributed by atoms with Gasteiger partial charge >= 0.3 is 11.8 Å². The molecule has 0 bridgehead atoms. The zero-order valence-corrected chi connectivity index (χ0v) is 11.7. The first-order valence-electron chi connectivity index (χ1n) is 6.84. The molecular formula is C13H25N3O2. The lowest BCUT2D eigenvalue weighted by atomic mass is 10.1. The molecule has 1 heterocycles. The van der Waals surface area contributed by atoms with Crippen molar-refractivity contribution in [3.63, 3.8) is 0 Å². The molecule has 0 atom stereocenters. The number of piperazine rings is 1. The van der Waals surface area contributed by atoms with Gasteiger partial charge < -0.3 is 15.1 Å². The van der Waals surface area contributed by atoms with E-state index in [-0.39, 0.29) is 5.91 Å². The van der Waals surface area contributed by atoms with Crippen LogP contribution in [-0.2, 0) is 9.59 Å². The molecule has 0 aromatic heterocycles. The lowest BCUT2D eigenvalue weighted by Crippen LogP contribution is -2.52. The first-order valence-corrected chi connectivity index (χ1v) is 6.84. The number of nitrogens with one attached hydrogen (secondary N) is 1. The van der Waals surface area contributed by atoms with E-state index in [0.29, 0.717) is 25.6 Å². The first kappa shape index (κ1) is 15.0. The number of likely N-dealkylation sites (N-methyl/N-ethyl adjacent to an activating group) is 1. The molecule has 1 rings (SSSR count). The molecular weight excluding hydrogens is 230 g/mol. The van der Waals surface area contributed by atoms with Gasteiger partial charge in [-0.15, -0.1) is 0 Å². The second-order valence-electron chi connectivity index (χ2n) is 5.16. The van der Waals surface area contributed by atoms with Crippen molar-refractivity contribution in [3.05, 3.63) is 0 Å². The maximum absolute atomic E-state index is 11.9. The van der Waals surface area contributed by atoms with Crippen LogP contribution in [0.5, 0.6) is 0 Å². The smallest absolute Gasteiger partial charge is 0.311 e. The Balaban J connectivity index is 2.29. The molecule has 1 saturated heterocycles. The van der Waals surface area contributed by atoms with Gasteiger partial charge in [0.1, 0.15) is 0 Å². The Morgan fingerprint density at radius 2 is 1.78 bits per heavy atom. The summed E-state index contributed by atoms with van der Waals surface area (Å²) in [6.07, 6.45) is 0.905. The maximum Gasteiger partial charge on any atom is 0.311 e. The van der Waals surface area contributed by atoms with Gasteiger partial charge in [0.15, 0.2) is 0 Å². The summed E-state index contributed by atoms with van der Waals surface area (Å²) in [5.74, 6) is -0.302. The van der Waals surface area contributed by atoms with Gasteiger partial charge in [-0.05, 0) is 18.9 Å². The molecule has 1 aliphatic rings. The molecule has 0 radical (unpaired) electrons. The number of carbonyl (C=O) groups is 2. The van der Waals surface area contributed by atoms with Crippen molar-refractivity contribution in [1.82, 2.24) is 15.1 Å². The first-order chi connectivity index (χ1) is 8.54. The SMILES string of the molecule is CCN1CCN(C(=O)C(=O)NCCC(C)C)CC1. The maximum atomic E-state index is 11.9. The van der Waals surface area contributed by atoms with Crippen LogP contribution < -0.4 is 5.32 Å². The number of hydrogen-bond acceptors (Lipinski definition) is 3. The summed E-state index contributed by atoms with van der Waals surface area (Å²) in [6, 6.07) is 0. The van der Waals surface area contributed by atoms with Crippen molar-refractivity contribution >= 4 is 11.8 Å². The van der Waals surface area contributed by atoms with E-state index in [1.807, 2.05) is 0 Å². The van der Waals surface area contributed by atoms with Gasteiger partial charge in [0.25, 0.3) is 0 Å². The Morgan fingerprint density at radius 3 is 2.28 bits per heavy atom. The van der Waals surface area contributed by atoms with Gasteiger partial charge in [0, 0.05) is 32.7 Å². The molecule has 104 valence electrons. The molecule has 5 nitrogen and oxygen atoms in total. The number of rotatable bonds is 4. The zero-order chi connectivity index (χ0) is 13.5. The summed E-state index contributed by atoms with van der Waals surface area (Å²) in [4.78, 5) is 27.5. The molecule has 1 N–H and O–H groups in total. The third-order valence-electron chi connectivity index (χ3n) is 3.31. The fourth-order valence-electron chi connectivity index (χ4n) is 1.96. The lowest BCUT2D eigenvalue weighted by Gasteiger charge is -2.33. The lowest BCUT2D eigenvalue weighted by molar-refractivity contribution is -0.147. The van der Waals surface area contributed by atoms with E-state index in [1.54, 1.807) is 4.90 Å². The van der Waals surface area contributed by atoms with E-state index in [4.69, 9.17) is 0 Å². The molecule has 5 heteroatoms. The Hall–Kier alpha value is -1.10. The third kappa shape index (κ3) is 4.64. The highest BCUT2D eigenvalue weighted by Crippen LogP contribution is 2.02. The zero-order valence-electron chi connectivity index (χ0n) is 11.7. The highest BCUT2D eigenvalue weighted by atomic mass is 16.2. The molecule has 0 aromatic rings. The van der Waals surface area contributed by atoms with Crippen LogP contribution in [0.4, 0.5) is 0 Å². The van der Waals surface area contributed by atoms with E-state index in [0.717, 1.165) is 26.1 Å². The van der Waals surface area contributed by atoms with Crippen molar-refractivity contribution in [2.24, 2.45) is 5.92 Å². The predicted molar refractivity (Wildman–Crippen MR) is 71.2 cm³/mol. The summed E-state index contributed by atoms with van der Waals surface area (Å²) < 4.78 is 0. The van der Waals surface area contributed by atoms with Gasteiger partial charge in [-0.3, -0.25) is 9.59 Å². The second kappa shape index (κ2) is 7.36.